The molecular formula is C14H18O5S. The average Bonchev–Trinajstić information content (AvgIpc) is 2.43. The van der Waals surface area contributed by atoms with Gasteiger partial charge in [0.1, 0.15) is 6.10 Å². The smallest absolute Gasteiger partial charge is 0.296 e. The molecule has 0 aliphatic carbocycles. The predicted molar refractivity (Wildman–Crippen MR) is 74.8 cm³/mol. The monoisotopic (exact) mass is 298 g/mol. The minimum Gasteiger partial charge on any atom is -0.385 e. The maximum Gasteiger partial charge on any atom is 0.296 e. The molecule has 110 valence electrons. The first-order valence-corrected chi connectivity index (χ1v) is 7.58. The van der Waals surface area contributed by atoms with Crippen LogP contribution in [0.3, 0.4) is 0 Å². The van der Waals surface area contributed by atoms with E-state index in [0.29, 0.717) is 0 Å². The molecule has 0 saturated heterocycles. The Morgan fingerprint density at radius 3 is 2.55 bits per heavy atom. The number of carbonyl (C=O) groups is 1. The minimum atomic E-state index is -3.79. The lowest BCUT2D eigenvalue weighted by Gasteiger charge is -2.08. The van der Waals surface area contributed by atoms with Gasteiger partial charge in [-0.25, -0.2) is 0 Å². The first-order valence-electron chi connectivity index (χ1n) is 6.17. The number of hydrogen-bond donors (Lipinski definition) is 1. The number of aryl methyl sites for hydroxylation is 1. The van der Waals surface area contributed by atoms with Crippen LogP contribution in [0.5, 0.6) is 0 Å². The molecule has 1 aromatic carbocycles. The first kappa shape index (κ1) is 16.6. The van der Waals surface area contributed by atoms with Crippen LogP contribution in [0.15, 0.2) is 41.8 Å². The Bertz CT molecular complexity index is 560. The molecule has 5 nitrogen and oxygen atoms in total. The lowest BCUT2D eigenvalue weighted by Crippen LogP contribution is -2.18. The van der Waals surface area contributed by atoms with E-state index in [-0.39, 0.29) is 24.3 Å². The molecule has 1 aromatic rings. The third kappa shape index (κ3) is 4.88. The molecule has 0 fully saturated rings. The topological polar surface area (TPSA) is 80.7 Å². The zero-order valence-corrected chi connectivity index (χ0v) is 12.1. The molecule has 1 atom stereocenters. The molecule has 0 aliphatic heterocycles. The summed E-state index contributed by atoms with van der Waals surface area (Å²) in [6, 6.07) is 6.31. The summed E-state index contributed by atoms with van der Waals surface area (Å²) in [6.07, 6.45) is 0.271. The number of carbonyl (C=O) groups excluding carboxylic acids is 1. The van der Waals surface area contributed by atoms with Crippen molar-refractivity contribution in [3.8, 4) is 0 Å². The highest BCUT2D eigenvalue weighted by atomic mass is 32.2. The van der Waals surface area contributed by atoms with E-state index < -0.39 is 22.0 Å². The average molecular weight is 298 g/mol. The van der Waals surface area contributed by atoms with Gasteiger partial charge in [0.15, 0.2) is 5.78 Å². The summed E-state index contributed by atoms with van der Waals surface area (Å²) >= 11 is 0. The highest BCUT2D eigenvalue weighted by Crippen LogP contribution is 2.14. The summed E-state index contributed by atoms with van der Waals surface area (Å²) < 4.78 is 28.5. The standard InChI is InChI=1S/C14H18O5S/c1-3-13(15)14(16)5-4-10-19-20(17,18)12-8-6-11(2)7-9-12/h3,6-9,14,16H,1,4-5,10H2,2H3. The lowest BCUT2D eigenvalue weighted by atomic mass is 10.1. The van der Waals surface area contributed by atoms with Crippen LogP contribution in [0.2, 0.25) is 0 Å². The molecule has 0 aliphatic rings. The van der Waals surface area contributed by atoms with Crippen LogP contribution in [0, 0.1) is 6.92 Å². The summed E-state index contributed by atoms with van der Waals surface area (Å²) in [5.74, 6) is -0.480. The number of rotatable bonds is 8. The van der Waals surface area contributed by atoms with E-state index in [0.717, 1.165) is 11.6 Å². The van der Waals surface area contributed by atoms with Gasteiger partial charge in [-0.3, -0.25) is 8.98 Å². The molecule has 0 bridgehead atoms. The van der Waals surface area contributed by atoms with E-state index in [4.69, 9.17) is 4.18 Å². The number of hydrogen-bond acceptors (Lipinski definition) is 5. The van der Waals surface area contributed by atoms with Crippen molar-refractivity contribution in [3.05, 3.63) is 42.5 Å². The second-order valence-electron chi connectivity index (χ2n) is 4.35. The van der Waals surface area contributed by atoms with Crippen molar-refractivity contribution in [2.24, 2.45) is 0 Å². The van der Waals surface area contributed by atoms with Crippen molar-refractivity contribution in [1.29, 1.82) is 0 Å². The molecule has 0 radical (unpaired) electrons. The minimum absolute atomic E-state index is 0.0856. The zero-order valence-electron chi connectivity index (χ0n) is 11.3. The van der Waals surface area contributed by atoms with E-state index in [2.05, 4.69) is 6.58 Å². The van der Waals surface area contributed by atoms with Gasteiger partial charge in [0.05, 0.1) is 11.5 Å². The molecule has 0 amide bonds. The van der Waals surface area contributed by atoms with Crippen LogP contribution in [-0.4, -0.2) is 32.0 Å². The second kappa shape index (κ2) is 7.33. The molecule has 6 heteroatoms. The third-order valence-electron chi connectivity index (χ3n) is 2.70. The first-order chi connectivity index (χ1) is 9.36. The fourth-order valence-electron chi connectivity index (χ4n) is 1.50. The van der Waals surface area contributed by atoms with Crippen LogP contribution < -0.4 is 0 Å². The molecule has 0 heterocycles. The summed E-state index contributed by atoms with van der Waals surface area (Å²) in [4.78, 5) is 11.1. The van der Waals surface area contributed by atoms with Crippen LogP contribution >= 0.6 is 0 Å². The van der Waals surface area contributed by atoms with Crippen LogP contribution in [-0.2, 0) is 19.1 Å². The maximum atomic E-state index is 11.8. The number of ketones is 1. The number of aliphatic hydroxyl groups excluding tert-OH is 1. The Morgan fingerprint density at radius 2 is 2.00 bits per heavy atom. The molecule has 0 saturated carbocycles. The number of benzene rings is 1. The molecule has 20 heavy (non-hydrogen) atoms. The summed E-state index contributed by atoms with van der Waals surface area (Å²) in [5.41, 5.74) is 0.954. The Morgan fingerprint density at radius 1 is 1.40 bits per heavy atom. The summed E-state index contributed by atoms with van der Waals surface area (Å²) in [5, 5.41) is 9.37. The van der Waals surface area contributed by atoms with Gasteiger partial charge < -0.3 is 5.11 Å². The van der Waals surface area contributed by atoms with E-state index in [1.807, 2.05) is 6.92 Å². The normalized spacial score (nSPS) is 12.9. The third-order valence-corrected chi connectivity index (χ3v) is 4.03. The zero-order chi connectivity index (χ0) is 15.2. The second-order valence-corrected chi connectivity index (χ2v) is 5.97. The SMILES string of the molecule is C=CC(=O)C(O)CCCOS(=O)(=O)c1ccc(C)cc1. The number of aliphatic hydroxyl groups is 1. The largest absolute Gasteiger partial charge is 0.385 e. The quantitative estimate of drug-likeness (QED) is 0.448. The van der Waals surface area contributed by atoms with E-state index in [1.165, 1.54) is 12.1 Å². The summed E-state index contributed by atoms with van der Waals surface area (Å²) in [7, 11) is -3.79. The van der Waals surface area contributed by atoms with Gasteiger partial charge in [-0.05, 0) is 38.0 Å². The highest BCUT2D eigenvalue weighted by Gasteiger charge is 2.16. The van der Waals surface area contributed by atoms with Crippen molar-refractivity contribution in [3.63, 3.8) is 0 Å². The molecular weight excluding hydrogens is 280 g/mol. The Labute approximate surface area is 119 Å². The lowest BCUT2D eigenvalue weighted by molar-refractivity contribution is -0.122. The van der Waals surface area contributed by atoms with Gasteiger partial charge in [-0.1, -0.05) is 24.3 Å². The van der Waals surface area contributed by atoms with Gasteiger partial charge in [0.2, 0.25) is 0 Å². The van der Waals surface area contributed by atoms with Gasteiger partial charge in [0, 0.05) is 0 Å². The Hall–Kier alpha value is -1.50. The fourth-order valence-corrected chi connectivity index (χ4v) is 2.44. The van der Waals surface area contributed by atoms with Crippen LogP contribution in [0.1, 0.15) is 18.4 Å². The molecule has 1 unspecified atom stereocenters. The van der Waals surface area contributed by atoms with Crippen molar-refractivity contribution in [1.82, 2.24) is 0 Å². The van der Waals surface area contributed by atoms with Crippen LogP contribution in [0.4, 0.5) is 0 Å². The highest BCUT2D eigenvalue weighted by molar-refractivity contribution is 7.86. The van der Waals surface area contributed by atoms with E-state index in [9.17, 15) is 18.3 Å². The van der Waals surface area contributed by atoms with Gasteiger partial charge >= 0.3 is 0 Å². The van der Waals surface area contributed by atoms with Gasteiger partial charge in [0.25, 0.3) is 10.1 Å². The predicted octanol–water partition coefficient (Wildman–Crippen LogP) is 1.60. The van der Waals surface area contributed by atoms with Crippen molar-refractivity contribution >= 4 is 15.9 Å². The van der Waals surface area contributed by atoms with Gasteiger partial charge in [-0.2, -0.15) is 8.42 Å². The van der Waals surface area contributed by atoms with Crippen molar-refractivity contribution in [2.45, 2.75) is 30.8 Å². The molecule has 1 rings (SSSR count). The van der Waals surface area contributed by atoms with Crippen LogP contribution in [0.25, 0.3) is 0 Å². The fraction of sp³-hybridized carbons (Fsp3) is 0.357. The molecule has 1 N–H and O–H groups in total. The Kier molecular flexibility index (Phi) is 6.06. The maximum absolute atomic E-state index is 11.8. The molecule has 0 aromatic heterocycles. The molecule has 0 spiro atoms. The van der Waals surface area contributed by atoms with Crippen molar-refractivity contribution < 1.29 is 22.5 Å². The van der Waals surface area contributed by atoms with E-state index in [1.54, 1.807) is 12.1 Å². The van der Waals surface area contributed by atoms with Gasteiger partial charge in [-0.15, -0.1) is 0 Å². The Balaban J connectivity index is 2.47. The van der Waals surface area contributed by atoms with Crippen molar-refractivity contribution in [2.75, 3.05) is 6.61 Å². The van der Waals surface area contributed by atoms with E-state index >= 15 is 0 Å². The summed E-state index contributed by atoms with van der Waals surface area (Å²) in [6.45, 7) is 5.03.